The van der Waals surface area contributed by atoms with Gasteiger partial charge in [0.1, 0.15) is 0 Å². The van der Waals surface area contributed by atoms with Crippen LogP contribution in [0.4, 0.5) is 5.69 Å². The van der Waals surface area contributed by atoms with Gasteiger partial charge in [0.2, 0.25) is 5.91 Å². The molecule has 2 aromatic rings. The standard InChI is InChI=1S/C19H25N5O.2ClH/c1-22-14-15(11-21-22)17-12-20-13-18(17)19(25)24-9-7-23(8-10-24)16-5-3-2-4-6-16;;/h2-6,11,14,17-18,20H,7-10,12-13H2,1H3;2*1H/t17-,18+;;/m1../s1. The first-order chi connectivity index (χ1) is 12.2. The highest BCUT2D eigenvalue weighted by Crippen LogP contribution is 2.29. The van der Waals surface area contributed by atoms with Crippen LogP contribution in [0.25, 0.3) is 0 Å². The molecule has 1 aromatic carbocycles. The van der Waals surface area contributed by atoms with E-state index in [-0.39, 0.29) is 42.6 Å². The smallest absolute Gasteiger partial charge is 0.227 e. The Morgan fingerprint density at radius 1 is 1.07 bits per heavy atom. The normalized spacial score (nSPS) is 22.1. The van der Waals surface area contributed by atoms with Crippen LogP contribution in [0.5, 0.6) is 0 Å². The third-order valence-electron chi connectivity index (χ3n) is 5.40. The number of carbonyl (C=O) groups excluding carboxylic acids is 1. The number of para-hydroxylation sites is 1. The summed E-state index contributed by atoms with van der Waals surface area (Å²) in [5.74, 6) is 0.535. The Hall–Kier alpha value is -1.76. The summed E-state index contributed by atoms with van der Waals surface area (Å²) in [6, 6.07) is 10.4. The van der Waals surface area contributed by atoms with Crippen molar-refractivity contribution in [2.24, 2.45) is 13.0 Å². The van der Waals surface area contributed by atoms with Crippen LogP contribution in [-0.4, -0.2) is 59.9 Å². The van der Waals surface area contributed by atoms with Gasteiger partial charge >= 0.3 is 0 Å². The minimum Gasteiger partial charge on any atom is -0.368 e. The molecule has 2 aliphatic heterocycles. The van der Waals surface area contributed by atoms with Crippen molar-refractivity contribution in [2.75, 3.05) is 44.2 Å². The minimum atomic E-state index is 0. The zero-order valence-electron chi connectivity index (χ0n) is 15.5. The van der Waals surface area contributed by atoms with Crippen molar-refractivity contribution in [3.8, 4) is 0 Å². The van der Waals surface area contributed by atoms with E-state index in [9.17, 15) is 4.79 Å². The van der Waals surface area contributed by atoms with Crippen molar-refractivity contribution in [1.82, 2.24) is 20.0 Å². The molecule has 1 N–H and O–H groups in total. The second-order valence-corrected chi connectivity index (χ2v) is 6.97. The Bertz CT molecular complexity index is 731. The van der Waals surface area contributed by atoms with E-state index in [4.69, 9.17) is 0 Å². The van der Waals surface area contributed by atoms with Crippen molar-refractivity contribution >= 4 is 36.4 Å². The molecule has 0 radical (unpaired) electrons. The lowest BCUT2D eigenvalue weighted by Crippen LogP contribution is -2.51. The predicted octanol–water partition coefficient (Wildman–Crippen LogP) is 1.92. The fourth-order valence-corrected chi connectivity index (χ4v) is 3.98. The average molecular weight is 412 g/mol. The van der Waals surface area contributed by atoms with Gasteiger partial charge in [-0.15, -0.1) is 24.8 Å². The molecule has 0 saturated carbocycles. The molecule has 6 nitrogen and oxygen atoms in total. The maximum atomic E-state index is 13.1. The number of nitrogens with one attached hydrogen (secondary N) is 1. The highest BCUT2D eigenvalue weighted by atomic mass is 35.5. The number of anilines is 1. The van der Waals surface area contributed by atoms with E-state index in [1.165, 1.54) is 5.69 Å². The molecule has 1 aromatic heterocycles. The first-order valence-corrected chi connectivity index (χ1v) is 9.00. The summed E-state index contributed by atoms with van der Waals surface area (Å²) in [6.45, 7) is 5.00. The van der Waals surface area contributed by atoms with Crippen LogP contribution in [-0.2, 0) is 11.8 Å². The molecule has 2 aliphatic rings. The maximum absolute atomic E-state index is 13.1. The first kappa shape index (κ1) is 21.5. The number of rotatable bonds is 3. The van der Waals surface area contributed by atoms with E-state index in [0.29, 0.717) is 0 Å². The number of piperazine rings is 1. The SMILES string of the molecule is Cl.Cl.Cn1cc([C@H]2CNC[C@@H]2C(=O)N2CCN(c3ccccc3)CC2)cn1. The van der Waals surface area contributed by atoms with Crippen LogP contribution < -0.4 is 10.2 Å². The van der Waals surface area contributed by atoms with Crippen molar-refractivity contribution in [3.05, 3.63) is 48.3 Å². The number of benzene rings is 1. The lowest BCUT2D eigenvalue weighted by atomic mass is 9.89. The van der Waals surface area contributed by atoms with E-state index >= 15 is 0 Å². The van der Waals surface area contributed by atoms with Crippen LogP contribution in [0.1, 0.15) is 11.5 Å². The van der Waals surface area contributed by atoms with Crippen LogP contribution >= 0.6 is 24.8 Å². The lowest BCUT2D eigenvalue weighted by molar-refractivity contribution is -0.135. The lowest BCUT2D eigenvalue weighted by Gasteiger charge is -2.37. The molecule has 0 bridgehead atoms. The first-order valence-electron chi connectivity index (χ1n) is 9.00. The highest BCUT2D eigenvalue weighted by Gasteiger charge is 2.37. The number of amides is 1. The van der Waals surface area contributed by atoms with E-state index in [0.717, 1.165) is 44.8 Å². The average Bonchev–Trinajstić information content (AvgIpc) is 3.31. The van der Waals surface area contributed by atoms with E-state index < -0.39 is 0 Å². The van der Waals surface area contributed by atoms with Gasteiger partial charge in [0.25, 0.3) is 0 Å². The van der Waals surface area contributed by atoms with Crippen molar-refractivity contribution in [3.63, 3.8) is 0 Å². The molecule has 2 atom stereocenters. The van der Waals surface area contributed by atoms with Gasteiger partial charge in [-0.05, 0) is 17.7 Å². The number of halogens is 2. The fourth-order valence-electron chi connectivity index (χ4n) is 3.98. The number of hydrogen-bond acceptors (Lipinski definition) is 4. The van der Waals surface area contributed by atoms with Crippen LogP contribution in [0, 0.1) is 5.92 Å². The monoisotopic (exact) mass is 411 g/mol. The second-order valence-electron chi connectivity index (χ2n) is 6.97. The van der Waals surface area contributed by atoms with E-state index in [2.05, 4.69) is 39.6 Å². The van der Waals surface area contributed by atoms with Gasteiger partial charge in [0, 0.05) is 64.1 Å². The largest absolute Gasteiger partial charge is 0.368 e. The summed E-state index contributed by atoms with van der Waals surface area (Å²) >= 11 is 0. The van der Waals surface area contributed by atoms with Crippen LogP contribution in [0.15, 0.2) is 42.7 Å². The van der Waals surface area contributed by atoms with Gasteiger partial charge in [-0.25, -0.2) is 0 Å². The summed E-state index contributed by atoms with van der Waals surface area (Å²) < 4.78 is 1.81. The number of aromatic nitrogens is 2. The third-order valence-corrected chi connectivity index (χ3v) is 5.40. The molecular formula is C19H27Cl2N5O. The van der Waals surface area contributed by atoms with Gasteiger partial charge < -0.3 is 15.1 Å². The van der Waals surface area contributed by atoms with Gasteiger partial charge in [-0.1, -0.05) is 18.2 Å². The Morgan fingerprint density at radius 3 is 2.41 bits per heavy atom. The molecule has 2 fully saturated rings. The number of hydrogen-bond donors (Lipinski definition) is 1. The fraction of sp³-hybridized carbons (Fsp3) is 0.474. The van der Waals surface area contributed by atoms with Gasteiger partial charge in [-0.3, -0.25) is 9.48 Å². The van der Waals surface area contributed by atoms with Crippen LogP contribution in [0.3, 0.4) is 0 Å². The predicted molar refractivity (Wildman–Crippen MR) is 112 cm³/mol. The molecular weight excluding hydrogens is 385 g/mol. The molecule has 0 unspecified atom stereocenters. The molecule has 148 valence electrons. The van der Waals surface area contributed by atoms with E-state index in [1.807, 2.05) is 35.1 Å². The van der Waals surface area contributed by atoms with Gasteiger partial charge in [-0.2, -0.15) is 5.10 Å². The molecule has 0 aliphatic carbocycles. The highest BCUT2D eigenvalue weighted by molar-refractivity contribution is 5.85. The Kier molecular flexibility index (Phi) is 7.53. The summed E-state index contributed by atoms with van der Waals surface area (Å²) in [4.78, 5) is 17.5. The second kappa shape index (κ2) is 9.44. The molecule has 4 rings (SSSR count). The Labute approximate surface area is 172 Å². The minimum absolute atomic E-state index is 0. The Balaban J connectivity index is 0.00000131. The van der Waals surface area contributed by atoms with E-state index in [1.54, 1.807) is 0 Å². The molecule has 2 saturated heterocycles. The Morgan fingerprint density at radius 2 is 1.78 bits per heavy atom. The number of aryl methyl sites for hydroxylation is 1. The van der Waals surface area contributed by atoms with Gasteiger partial charge in [0.05, 0.1) is 12.1 Å². The third kappa shape index (κ3) is 4.57. The van der Waals surface area contributed by atoms with Crippen molar-refractivity contribution in [1.29, 1.82) is 0 Å². The summed E-state index contributed by atoms with van der Waals surface area (Å²) in [7, 11) is 1.92. The summed E-state index contributed by atoms with van der Waals surface area (Å²) in [5, 5.41) is 7.66. The molecule has 0 spiro atoms. The maximum Gasteiger partial charge on any atom is 0.227 e. The topological polar surface area (TPSA) is 53.4 Å². The zero-order valence-corrected chi connectivity index (χ0v) is 17.1. The van der Waals surface area contributed by atoms with Crippen LogP contribution in [0.2, 0.25) is 0 Å². The summed E-state index contributed by atoms with van der Waals surface area (Å²) in [5.41, 5.74) is 2.40. The van der Waals surface area contributed by atoms with Gasteiger partial charge in [0.15, 0.2) is 0 Å². The summed E-state index contributed by atoms with van der Waals surface area (Å²) in [6.07, 6.45) is 3.93. The van der Waals surface area contributed by atoms with Crippen molar-refractivity contribution in [2.45, 2.75) is 5.92 Å². The van der Waals surface area contributed by atoms with Crippen molar-refractivity contribution < 1.29 is 4.79 Å². The molecule has 1 amide bonds. The zero-order chi connectivity index (χ0) is 17.2. The molecule has 3 heterocycles. The number of carbonyl (C=O) groups is 1. The number of nitrogens with zero attached hydrogens (tertiary/aromatic N) is 4. The molecule has 8 heteroatoms. The quantitative estimate of drug-likeness (QED) is 0.837. The molecule has 27 heavy (non-hydrogen) atoms.